The predicted octanol–water partition coefficient (Wildman–Crippen LogP) is 1.25. The van der Waals surface area contributed by atoms with Crippen LogP contribution in [0.1, 0.15) is 18.9 Å². The number of amides is 1. The van der Waals surface area contributed by atoms with Crippen molar-refractivity contribution in [2.24, 2.45) is 11.8 Å². The van der Waals surface area contributed by atoms with Crippen molar-refractivity contribution in [3.05, 3.63) is 33.9 Å². The van der Waals surface area contributed by atoms with E-state index in [9.17, 15) is 14.9 Å². The van der Waals surface area contributed by atoms with Gasteiger partial charge < -0.3 is 10.3 Å². The van der Waals surface area contributed by atoms with Crippen molar-refractivity contribution < 1.29 is 9.72 Å². The van der Waals surface area contributed by atoms with Crippen LogP contribution in [0.3, 0.4) is 0 Å². The number of hydrogen-bond donors (Lipinski definition) is 2. The number of nitrogens with one attached hydrogen (secondary N) is 1. The number of nitro benzene ring substituents is 1. The van der Waals surface area contributed by atoms with E-state index in [0.717, 1.165) is 12.1 Å². The van der Waals surface area contributed by atoms with Crippen molar-refractivity contribution >= 4 is 17.3 Å². The molecule has 1 fully saturated rings. The largest absolute Gasteiger partial charge is 0.338 e. The Morgan fingerprint density at radius 2 is 2.32 bits per heavy atom. The lowest BCUT2D eigenvalue weighted by Crippen LogP contribution is -2.24. The summed E-state index contributed by atoms with van der Waals surface area (Å²) in [5.74, 6) is 5.76. The summed E-state index contributed by atoms with van der Waals surface area (Å²) in [6.45, 7) is 3.21. The van der Waals surface area contributed by atoms with Crippen molar-refractivity contribution in [2.45, 2.75) is 19.9 Å². The number of hydrazine groups is 1. The molecule has 19 heavy (non-hydrogen) atoms. The van der Waals surface area contributed by atoms with Crippen LogP contribution in [0.2, 0.25) is 0 Å². The summed E-state index contributed by atoms with van der Waals surface area (Å²) in [5, 5.41) is 10.8. The van der Waals surface area contributed by atoms with Crippen molar-refractivity contribution in [2.75, 3.05) is 12.0 Å². The molecule has 1 amide bonds. The Labute approximate surface area is 110 Å². The number of nitrogen functional groups attached to an aromatic ring is 1. The molecule has 0 saturated carbocycles. The summed E-state index contributed by atoms with van der Waals surface area (Å²) in [6.07, 6.45) is 0.564. The van der Waals surface area contributed by atoms with Crippen LogP contribution in [0.25, 0.3) is 0 Å². The zero-order valence-corrected chi connectivity index (χ0v) is 10.6. The zero-order valence-electron chi connectivity index (χ0n) is 10.6. The molecule has 1 heterocycles. The first-order valence-electron chi connectivity index (χ1n) is 6.03. The minimum Gasteiger partial charge on any atom is -0.338 e. The summed E-state index contributed by atoms with van der Waals surface area (Å²) >= 11 is 0. The highest BCUT2D eigenvalue weighted by Crippen LogP contribution is 2.26. The Bertz CT molecular complexity index is 518. The van der Waals surface area contributed by atoms with E-state index in [1.165, 1.54) is 6.07 Å². The molecule has 1 atom stereocenters. The van der Waals surface area contributed by atoms with Gasteiger partial charge >= 0.3 is 0 Å². The smallest absolute Gasteiger partial charge is 0.293 e. The van der Waals surface area contributed by atoms with E-state index < -0.39 is 4.92 Å². The number of carbonyl (C=O) groups excluding carboxylic acids is 1. The van der Waals surface area contributed by atoms with Gasteiger partial charge in [-0.15, -0.1) is 0 Å². The molecule has 7 nitrogen and oxygen atoms in total. The molecule has 0 bridgehead atoms. The van der Waals surface area contributed by atoms with Gasteiger partial charge in [-0.25, -0.2) is 0 Å². The molecule has 1 saturated heterocycles. The topological polar surface area (TPSA) is 102 Å². The number of likely N-dealkylation sites (tertiary alicyclic amines) is 1. The van der Waals surface area contributed by atoms with Crippen LogP contribution in [0, 0.1) is 16.0 Å². The third kappa shape index (κ3) is 2.82. The monoisotopic (exact) mass is 264 g/mol. The molecule has 0 aliphatic carbocycles. The maximum atomic E-state index is 11.7. The fourth-order valence-electron chi connectivity index (χ4n) is 2.30. The molecular weight excluding hydrogens is 248 g/mol. The predicted molar refractivity (Wildman–Crippen MR) is 70.1 cm³/mol. The van der Waals surface area contributed by atoms with Crippen molar-refractivity contribution in [1.82, 2.24) is 4.90 Å². The SMILES string of the molecule is CC1CC(=O)N(Cc2ccc([N+](=O)[O-])c(NN)c2)C1. The zero-order chi connectivity index (χ0) is 14.0. The summed E-state index contributed by atoms with van der Waals surface area (Å²) in [6, 6.07) is 4.65. The number of hydrogen-bond acceptors (Lipinski definition) is 5. The van der Waals surface area contributed by atoms with Crippen LogP contribution < -0.4 is 11.3 Å². The van der Waals surface area contributed by atoms with Crippen LogP contribution in [0.5, 0.6) is 0 Å². The second-order valence-corrected chi connectivity index (χ2v) is 4.84. The summed E-state index contributed by atoms with van der Waals surface area (Å²) < 4.78 is 0. The summed E-state index contributed by atoms with van der Waals surface area (Å²) in [7, 11) is 0. The van der Waals surface area contributed by atoms with Crippen LogP contribution in [-0.4, -0.2) is 22.3 Å². The maximum absolute atomic E-state index is 11.7. The quantitative estimate of drug-likeness (QED) is 0.484. The number of carbonyl (C=O) groups is 1. The van der Waals surface area contributed by atoms with Crippen LogP contribution in [-0.2, 0) is 11.3 Å². The normalized spacial score (nSPS) is 18.7. The number of rotatable bonds is 4. The Balaban J connectivity index is 2.18. The minimum absolute atomic E-state index is 0.0765. The third-order valence-corrected chi connectivity index (χ3v) is 3.19. The average Bonchev–Trinajstić information content (AvgIpc) is 2.67. The Morgan fingerprint density at radius 1 is 1.58 bits per heavy atom. The average molecular weight is 264 g/mol. The molecule has 0 radical (unpaired) electrons. The van der Waals surface area contributed by atoms with E-state index in [2.05, 4.69) is 5.43 Å². The van der Waals surface area contributed by atoms with Gasteiger partial charge in [0.2, 0.25) is 5.91 Å². The van der Waals surface area contributed by atoms with Crippen LogP contribution >= 0.6 is 0 Å². The second-order valence-electron chi connectivity index (χ2n) is 4.84. The molecule has 1 unspecified atom stereocenters. The van der Waals surface area contributed by atoms with E-state index in [-0.39, 0.29) is 17.3 Å². The summed E-state index contributed by atoms with van der Waals surface area (Å²) in [5.41, 5.74) is 3.31. The highest BCUT2D eigenvalue weighted by atomic mass is 16.6. The van der Waals surface area contributed by atoms with Gasteiger partial charge in [-0.2, -0.15) is 0 Å². The minimum atomic E-state index is -0.498. The van der Waals surface area contributed by atoms with Gasteiger partial charge in [0.05, 0.1) is 4.92 Å². The molecular formula is C12H16N4O3. The number of anilines is 1. The fraction of sp³-hybridized carbons (Fsp3) is 0.417. The van der Waals surface area contributed by atoms with Gasteiger partial charge in [-0.05, 0) is 17.5 Å². The lowest BCUT2D eigenvalue weighted by atomic mass is 10.1. The van der Waals surface area contributed by atoms with E-state index in [1.54, 1.807) is 17.0 Å². The van der Waals surface area contributed by atoms with E-state index in [1.807, 2.05) is 6.92 Å². The molecule has 102 valence electrons. The Hall–Kier alpha value is -2.15. The van der Waals surface area contributed by atoms with Crippen LogP contribution in [0.15, 0.2) is 18.2 Å². The molecule has 3 N–H and O–H groups in total. The van der Waals surface area contributed by atoms with E-state index in [4.69, 9.17) is 5.84 Å². The first-order valence-corrected chi connectivity index (χ1v) is 6.03. The Morgan fingerprint density at radius 3 is 2.84 bits per heavy atom. The standard InChI is InChI=1S/C12H16N4O3/c1-8-4-12(17)15(6-8)7-9-2-3-11(16(18)19)10(5-9)14-13/h2-3,5,8,14H,4,6-7,13H2,1H3. The summed E-state index contributed by atoms with van der Waals surface area (Å²) in [4.78, 5) is 23.7. The van der Waals surface area contributed by atoms with Crippen molar-refractivity contribution in [3.63, 3.8) is 0 Å². The van der Waals surface area contributed by atoms with E-state index in [0.29, 0.717) is 18.9 Å². The molecule has 1 aromatic carbocycles. The van der Waals surface area contributed by atoms with Gasteiger partial charge in [-0.3, -0.25) is 20.8 Å². The first kappa shape index (κ1) is 13.3. The molecule has 0 aromatic heterocycles. The maximum Gasteiger partial charge on any atom is 0.293 e. The lowest BCUT2D eigenvalue weighted by Gasteiger charge is -2.16. The number of nitrogens with two attached hydrogens (primary N) is 1. The molecule has 1 aliphatic heterocycles. The van der Waals surface area contributed by atoms with E-state index >= 15 is 0 Å². The lowest BCUT2D eigenvalue weighted by molar-refractivity contribution is -0.384. The highest BCUT2D eigenvalue weighted by molar-refractivity contribution is 5.78. The molecule has 1 aromatic rings. The molecule has 1 aliphatic rings. The van der Waals surface area contributed by atoms with Gasteiger partial charge in [0.25, 0.3) is 5.69 Å². The molecule has 2 rings (SSSR count). The van der Waals surface area contributed by atoms with Gasteiger partial charge in [0.15, 0.2) is 0 Å². The van der Waals surface area contributed by atoms with Crippen molar-refractivity contribution in [1.29, 1.82) is 0 Å². The van der Waals surface area contributed by atoms with Crippen molar-refractivity contribution in [3.8, 4) is 0 Å². The molecule has 7 heteroatoms. The Kier molecular flexibility index (Phi) is 3.66. The van der Waals surface area contributed by atoms with Crippen LogP contribution in [0.4, 0.5) is 11.4 Å². The first-order chi connectivity index (χ1) is 9.01. The van der Waals surface area contributed by atoms with Gasteiger partial charge in [0.1, 0.15) is 5.69 Å². The number of nitro groups is 1. The number of benzene rings is 1. The molecule has 0 spiro atoms. The fourth-order valence-corrected chi connectivity index (χ4v) is 2.30. The second kappa shape index (κ2) is 5.23. The van der Waals surface area contributed by atoms with Gasteiger partial charge in [-0.1, -0.05) is 13.0 Å². The highest BCUT2D eigenvalue weighted by Gasteiger charge is 2.26. The third-order valence-electron chi connectivity index (χ3n) is 3.19. The van der Waals surface area contributed by atoms with Gasteiger partial charge in [0, 0.05) is 25.6 Å². The number of nitrogens with zero attached hydrogens (tertiary/aromatic N) is 2.